The van der Waals surface area contributed by atoms with Gasteiger partial charge in [-0.25, -0.2) is 0 Å². The molecule has 1 aliphatic heterocycles. The van der Waals surface area contributed by atoms with E-state index < -0.39 is 0 Å². The fraction of sp³-hybridized carbons (Fsp3) is 0.462. The molecule has 3 nitrogen and oxygen atoms in total. The molecule has 1 aliphatic rings. The molecule has 1 aromatic rings. The van der Waals surface area contributed by atoms with E-state index in [1.54, 1.807) is 0 Å². The molecule has 1 aromatic carbocycles. The minimum absolute atomic E-state index is 0.0191. The van der Waals surface area contributed by atoms with E-state index in [0.29, 0.717) is 0 Å². The van der Waals surface area contributed by atoms with Crippen LogP contribution in [-0.4, -0.2) is 11.9 Å². The van der Waals surface area contributed by atoms with Crippen LogP contribution in [0.4, 0.5) is 5.69 Å². The van der Waals surface area contributed by atoms with E-state index in [-0.39, 0.29) is 17.9 Å². The fourth-order valence-corrected chi connectivity index (χ4v) is 2.96. The number of amides is 1. The minimum atomic E-state index is -0.0191. The van der Waals surface area contributed by atoms with E-state index in [9.17, 15) is 4.79 Å². The smallest absolute Gasteiger partial charge is 0.232 e. The Morgan fingerprint density at radius 1 is 1.53 bits per heavy atom. The lowest BCUT2D eigenvalue weighted by atomic mass is 9.95. The largest absolute Gasteiger partial charge is 0.328 e. The zero-order chi connectivity index (χ0) is 12.6. The molecule has 1 amide bonds. The van der Waals surface area contributed by atoms with E-state index in [2.05, 4.69) is 27.3 Å². The second-order valence-electron chi connectivity index (χ2n) is 4.67. The normalized spacial score (nSPS) is 20.0. The summed E-state index contributed by atoms with van der Waals surface area (Å²) in [4.78, 5) is 11.8. The molecule has 0 fully saturated rings. The van der Waals surface area contributed by atoms with Crippen molar-refractivity contribution in [2.45, 2.75) is 38.6 Å². The number of fused-ring (bicyclic) bond motifs is 1. The topological polar surface area (TPSA) is 55.1 Å². The molecule has 92 valence electrons. The van der Waals surface area contributed by atoms with Gasteiger partial charge in [-0.2, -0.15) is 0 Å². The van der Waals surface area contributed by atoms with Gasteiger partial charge in [-0.1, -0.05) is 13.0 Å². The molecule has 0 bridgehead atoms. The third-order valence-corrected chi connectivity index (χ3v) is 3.71. The zero-order valence-electron chi connectivity index (χ0n) is 10.1. The quantitative estimate of drug-likeness (QED) is 0.901. The summed E-state index contributed by atoms with van der Waals surface area (Å²) < 4.78 is 0.954. The Bertz CT molecular complexity index is 457. The Kier molecular flexibility index (Phi) is 3.54. The highest BCUT2D eigenvalue weighted by Gasteiger charge is 2.30. The van der Waals surface area contributed by atoms with Crippen LogP contribution >= 0.6 is 15.9 Å². The van der Waals surface area contributed by atoms with Crippen LogP contribution < -0.4 is 11.1 Å². The van der Waals surface area contributed by atoms with Crippen LogP contribution in [0, 0.1) is 0 Å². The van der Waals surface area contributed by atoms with Crippen molar-refractivity contribution in [3.05, 3.63) is 27.7 Å². The van der Waals surface area contributed by atoms with Gasteiger partial charge in [-0.05, 0) is 52.9 Å². The second-order valence-corrected chi connectivity index (χ2v) is 5.53. The van der Waals surface area contributed by atoms with Crippen LogP contribution in [0.3, 0.4) is 0 Å². The van der Waals surface area contributed by atoms with E-state index in [1.807, 2.05) is 19.9 Å². The Hall–Kier alpha value is -0.870. The number of rotatable bonds is 3. The summed E-state index contributed by atoms with van der Waals surface area (Å²) in [7, 11) is 0. The third-order valence-electron chi connectivity index (χ3n) is 3.09. The van der Waals surface area contributed by atoms with Crippen LogP contribution in [0.15, 0.2) is 16.6 Å². The average molecular weight is 297 g/mol. The maximum atomic E-state index is 11.8. The molecule has 4 heteroatoms. The molecule has 0 radical (unpaired) electrons. The Labute approximate surface area is 110 Å². The molecule has 1 heterocycles. The first kappa shape index (κ1) is 12.6. The van der Waals surface area contributed by atoms with E-state index in [4.69, 9.17) is 5.73 Å². The highest BCUT2D eigenvalue weighted by molar-refractivity contribution is 9.10. The number of hydrogen-bond acceptors (Lipinski definition) is 2. The van der Waals surface area contributed by atoms with E-state index in [1.165, 1.54) is 5.56 Å². The van der Waals surface area contributed by atoms with Crippen molar-refractivity contribution in [1.29, 1.82) is 0 Å². The molecule has 3 N–H and O–H groups in total. The summed E-state index contributed by atoms with van der Waals surface area (Å²) in [6, 6.07) is 4.28. The maximum absolute atomic E-state index is 11.8. The highest BCUT2D eigenvalue weighted by atomic mass is 79.9. The number of carbonyl (C=O) groups is 1. The summed E-state index contributed by atoms with van der Waals surface area (Å²) in [6.07, 6.45) is 1.66. The lowest BCUT2D eigenvalue weighted by Gasteiger charge is -2.11. The molecule has 0 aliphatic carbocycles. The number of hydrogen-bond donors (Lipinski definition) is 2. The molecule has 2 atom stereocenters. The molecule has 0 saturated heterocycles. The summed E-state index contributed by atoms with van der Waals surface area (Å²) in [5, 5.41) is 2.93. The first-order valence-electron chi connectivity index (χ1n) is 5.91. The van der Waals surface area contributed by atoms with Gasteiger partial charge in [0.2, 0.25) is 5.91 Å². The Morgan fingerprint density at radius 2 is 2.24 bits per heavy atom. The van der Waals surface area contributed by atoms with Crippen molar-refractivity contribution >= 4 is 27.5 Å². The van der Waals surface area contributed by atoms with Gasteiger partial charge in [0, 0.05) is 10.5 Å². The first-order chi connectivity index (χ1) is 8.02. The van der Waals surface area contributed by atoms with Gasteiger partial charge in [-0.3, -0.25) is 4.79 Å². The van der Waals surface area contributed by atoms with Gasteiger partial charge in [0.1, 0.15) is 0 Å². The lowest BCUT2D eigenvalue weighted by Crippen LogP contribution is -2.17. The number of benzene rings is 1. The molecular weight excluding hydrogens is 280 g/mol. The van der Waals surface area contributed by atoms with Crippen LogP contribution in [0.25, 0.3) is 0 Å². The fourth-order valence-electron chi connectivity index (χ4n) is 2.34. The standard InChI is InChI=1S/C13H17BrN2O/c1-3-9-10-5-8(4-7(2)15)6-11(14)12(10)16-13(9)17/h5-7,9H,3-4,15H2,1-2H3,(H,16,17). The van der Waals surface area contributed by atoms with Crippen molar-refractivity contribution in [1.82, 2.24) is 0 Å². The summed E-state index contributed by atoms with van der Waals surface area (Å²) in [5.74, 6) is 0.0791. The van der Waals surface area contributed by atoms with Gasteiger partial charge in [0.05, 0.1) is 11.6 Å². The molecule has 0 saturated carbocycles. The van der Waals surface area contributed by atoms with Crippen molar-refractivity contribution in [2.75, 3.05) is 5.32 Å². The van der Waals surface area contributed by atoms with Crippen LogP contribution in [0.5, 0.6) is 0 Å². The zero-order valence-corrected chi connectivity index (χ0v) is 11.7. The Morgan fingerprint density at radius 3 is 2.82 bits per heavy atom. The van der Waals surface area contributed by atoms with Crippen molar-refractivity contribution in [3.63, 3.8) is 0 Å². The highest BCUT2D eigenvalue weighted by Crippen LogP contribution is 2.40. The van der Waals surface area contributed by atoms with Crippen LogP contribution in [0.2, 0.25) is 0 Å². The number of halogens is 1. The van der Waals surface area contributed by atoms with Crippen molar-refractivity contribution < 1.29 is 4.79 Å². The van der Waals surface area contributed by atoms with Crippen molar-refractivity contribution in [3.8, 4) is 0 Å². The molecule has 0 spiro atoms. The van der Waals surface area contributed by atoms with E-state index in [0.717, 1.165) is 28.6 Å². The maximum Gasteiger partial charge on any atom is 0.232 e. The first-order valence-corrected chi connectivity index (χ1v) is 6.71. The predicted octanol–water partition coefficient (Wildman–Crippen LogP) is 2.78. The van der Waals surface area contributed by atoms with Gasteiger partial charge < -0.3 is 11.1 Å². The lowest BCUT2D eigenvalue weighted by molar-refractivity contribution is -0.117. The summed E-state index contributed by atoms with van der Waals surface area (Å²) in [6.45, 7) is 4.02. The number of anilines is 1. The van der Waals surface area contributed by atoms with Crippen LogP contribution in [0.1, 0.15) is 37.3 Å². The SMILES string of the molecule is CCC1C(=O)Nc2c(Br)cc(CC(C)N)cc21. The second kappa shape index (κ2) is 4.78. The average Bonchev–Trinajstić information content (AvgIpc) is 2.53. The summed E-state index contributed by atoms with van der Waals surface area (Å²) >= 11 is 3.52. The number of nitrogens with one attached hydrogen (secondary N) is 1. The molecular formula is C13H17BrN2O. The van der Waals surface area contributed by atoms with Gasteiger partial charge in [0.15, 0.2) is 0 Å². The third kappa shape index (κ3) is 2.38. The molecule has 0 aromatic heterocycles. The van der Waals surface area contributed by atoms with Gasteiger partial charge in [-0.15, -0.1) is 0 Å². The van der Waals surface area contributed by atoms with Gasteiger partial charge >= 0.3 is 0 Å². The summed E-state index contributed by atoms with van der Waals surface area (Å²) in [5.41, 5.74) is 9.02. The molecule has 2 rings (SSSR count). The molecule has 2 unspecified atom stereocenters. The molecule has 17 heavy (non-hydrogen) atoms. The van der Waals surface area contributed by atoms with Crippen LogP contribution in [-0.2, 0) is 11.2 Å². The van der Waals surface area contributed by atoms with E-state index >= 15 is 0 Å². The monoisotopic (exact) mass is 296 g/mol. The number of carbonyl (C=O) groups excluding carboxylic acids is 1. The Balaban J connectivity index is 2.43. The minimum Gasteiger partial charge on any atom is -0.328 e. The van der Waals surface area contributed by atoms with Crippen molar-refractivity contribution in [2.24, 2.45) is 5.73 Å². The van der Waals surface area contributed by atoms with Gasteiger partial charge in [0.25, 0.3) is 0 Å². The predicted molar refractivity (Wildman–Crippen MR) is 73.2 cm³/mol. The number of nitrogens with two attached hydrogens (primary N) is 1.